The number of nitrogens with zero attached hydrogens (tertiary/aromatic N) is 4. The number of benzene rings is 3. The molecule has 2 heterocycles. The van der Waals surface area contributed by atoms with Crippen molar-refractivity contribution in [2.75, 3.05) is 31.5 Å². The van der Waals surface area contributed by atoms with E-state index in [4.69, 9.17) is 5.73 Å². The van der Waals surface area contributed by atoms with Crippen LogP contribution >= 0.6 is 0 Å². The first-order valence-electron chi connectivity index (χ1n) is 18.4. The van der Waals surface area contributed by atoms with Gasteiger partial charge in [0.15, 0.2) is 0 Å². The molecule has 1 saturated heterocycles. The second-order valence-electron chi connectivity index (χ2n) is 14.4. The van der Waals surface area contributed by atoms with Gasteiger partial charge >= 0.3 is 6.18 Å². The maximum atomic E-state index is 13.7. The first kappa shape index (κ1) is 38.6. The predicted octanol–water partition coefficient (Wildman–Crippen LogP) is 5.03. The van der Waals surface area contributed by atoms with Crippen LogP contribution in [0.4, 0.5) is 18.9 Å². The van der Waals surface area contributed by atoms with Gasteiger partial charge < -0.3 is 21.7 Å². The molecule has 0 unspecified atom stereocenters. The van der Waals surface area contributed by atoms with Crippen LogP contribution in [-0.4, -0.2) is 87.7 Å². The highest BCUT2D eigenvalue weighted by Crippen LogP contribution is 2.29. The van der Waals surface area contributed by atoms with E-state index in [9.17, 15) is 27.6 Å². The van der Waals surface area contributed by atoms with Crippen LogP contribution in [0, 0.1) is 18.8 Å². The number of hydrogen-bond donors (Lipinski definition) is 5. The third kappa shape index (κ3) is 10.3. The van der Waals surface area contributed by atoms with Crippen molar-refractivity contribution in [3.63, 3.8) is 0 Å². The molecule has 54 heavy (non-hydrogen) atoms. The Hall–Kier alpha value is -5.15. The smallest absolute Gasteiger partial charge is 0.349 e. The van der Waals surface area contributed by atoms with Gasteiger partial charge in [-0.1, -0.05) is 30.3 Å². The summed E-state index contributed by atoms with van der Waals surface area (Å²) in [5.74, 6) is -0.0557. The summed E-state index contributed by atoms with van der Waals surface area (Å²) in [5.41, 5.74) is 11.2. The first-order valence-corrected chi connectivity index (χ1v) is 18.4. The quantitative estimate of drug-likeness (QED) is 0.135. The van der Waals surface area contributed by atoms with Gasteiger partial charge in [0.25, 0.3) is 5.91 Å². The molecular weight excluding hydrogens is 699 g/mol. The fraction of sp³-hybridized carbons (Fsp3) is 0.436. The normalized spacial score (nSPS) is 18.8. The van der Waals surface area contributed by atoms with Crippen LogP contribution in [0.25, 0.3) is 22.5 Å². The van der Waals surface area contributed by atoms with Gasteiger partial charge in [-0.3, -0.25) is 19.3 Å². The summed E-state index contributed by atoms with van der Waals surface area (Å²) in [6, 6.07) is 19.2. The number of piperidine rings is 1. The Morgan fingerprint density at radius 3 is 2.22 bits per heavy atom. The first-order chi connectivity index (χ1) is 25.9. The lowest BCUT2D eigenvalue weighted by Gasteiger charge is -2.32. The number of rotatable bonds is 12. The number of alkyl halides is 3. The standard InChI is InChI=1S/C39H46F3N9O3/c1-24-20-30(37(53)44-32-16-18-51(19-17-32)23-39(40,41)42)12-15-33(24)27-6-2-25(3-7-27)21-34(46-36(52)29-8-4-26(22-43)5-9-29)38(54)45-31-13-10-28(11-14-31)35-47-49-50-48-35/h2-3,6-7,10-15,20,26,29,32,34H,4-5,8-9,16-19,21-23,43H2,1H3,(H,44,53)(H,45,54)(H,46,52)(H,47,48,49,50)/t26?,29?,34-/m0/s1. The van der Waals surface area contributed by atoms with Gasteiger partial charge in [-0.15, -0.1) is 10.2 Å². The van der Waals surface area contributed by atoms with Crippen LogP contribution in [0.15, 0.2) is 66.7 Å². The summed E-state index contributed by atoms with van der Waals surface area (Å²) < 4.78 is 38.2. The fourth-order valence-electron chi connectivity index (χ4n) is 7.32. The molecule has 0 spiro atoms. The molecule has 286 valence electrons. The van der Waals surface area contributed by atoms with Crippen molar-refractivity contribution in [2.45, 2.75) is 70.1 Å². The van der Waals surface area contributed by atoms with Crippen LogP contribution in [-0.2, 0) is 16.0 Å². The van der Waals surface area contributed by atoms with Crippen LogP contribution in [0.2, 0.25) is 0 Å². The van der Waals surface area contributed by atoms with Gasteiger partial charge in [-0.25, -0.2) is 0 Å². The zero-order chi connectivity index (χ0) is 38.2. The third-order valence-electron chi connectivity index (χ3n) is 10.5. The molecule has 0 radical (unpaired) electrons. The van der Waals surface area contributed by atoms with E-state index in [0.717, 1.165) is 53.5 Å². The van der Waals surface area contributed by atoms with E-state index in [1.54, 1.807) is 30.3 Å². The lowest BCUT2D eigenvalue weighted by atomic mass is 9.81. The number of carbonyl (C=O) groups is 3. The van der Waals surface area contributed by atoms with E-state index < -0.39 is 18.8 Å². The molecule has 2 aliphatic rings. The van der Waals surface area contributed by atoms with Crippen LogP contribution in [0.1, 0.15) is 60.0 Å². The van der Waals surface area contributed by atoms with Gasteiger partial charge in [0.2, 0.25) is 17.6 Å². The molecule has 6 N–H and O–H groups in total. The molecule has 1 aliphatic heterocycles. The number of carbonyl (C=O) groups excluding carboxylic acids is 3. The molecule has 6 rings (SSSR count). The number of aromatic nitrogens is 4. The average Bonchev–Trinajstić information content (AvgIpc) is 3.71. The molecule has 1 saturated carbocycles. The highest BCUT2D eigenvalue weighted by Gasteiger charge is 2.33. The molecule has 3 aromatic carbocycles. The minimum absolute atomic E-state index is 0.138. The van der Waals surface area contributed by atoms with Crippen LogP contribution in [0.5, 0.6) is 0 Å². The third-order valence-corrected chi connectivity index (χ3v) is 10.5. The van der Waals surface area contributed by atoms with E-state index in [2.05, 4.69) is 36.6 Å². The number of halogens is 3. The van der Waals surface area contributed by atoms with Crippen molar-refractivity contribution in [3.8, 4) is 22.5 Å². The Bertz CT molecular complexity index is 1870. The summed E-state index contributed by atoms with van der Waals surface area (Å²) in [4.78, 5) is 41.5. The molecule has 3 amide bonds. The number of nitrogens with two attached hydrogens (primary N) is 1. The van der Waals surface area contributed by atoms with Crippen molar-refractivity contribution in [2.24, 2.45) is 17.6 Å². The molecule has 4 aromatic rings. The molecule has 15 heteroatoms. The predicted molar refractivity (Wildman–Crippen MR) is 198 cm³/mol. The van der Waals surface area contributed by atoms with Gasteiger partial charge in [0.1, 0.15) is 6.04 Å². The van der Waals surface area contributed by atoms with Crippen LogP contribution in [0.3, 0.4) is 0 Å². The van der Waals surface area contributed by atoms with Gasteiger partial charge in [-0.05, 0) is 122 Å². The number of likely N-dealkylation sites (tertiary alicyclic amines) is 1. The van der Waals surface area contributed by atoms with Gasteiger partial charge in [0, 0.05) is 48.3 Å². The highest BCUT2D eigenvalue weighted by atomic mass is 19.4. The fourth-order valence-corrected chi connectivity index (χ4v) is 7.32. The summed E-state index contributed by atoms with van der Waals surface area (Å²) in [5, 5.41) is 22.9. The molecule has 1 aliphatic carbocycles. The number of H-pyrrole nitrogens is 1. The summed E-state index contributed by atoms with van der Waals surface area (Å²) in [6.07, 6.45) is 0.202. The lowest BCUT2D eigenvalue weighted by molar-refractivity contribution is -0.148. The Balaban J connectivity index is 1.09. The average molecular weight is 746 g/mol. The van der Waals surface area contributed by atoms with E-state index in [0.29, 0.717) is 42.4 Å². The van der Waals surface area contributed by atoms with Gasteiger partial charge in [0.05, 0.1) is 6.54 Å². The number of aromatic amines is 1. The zero-order valence-corrected chi connectivity index (χ0v) is 30.2. The number of aryl methyl sites for hydroxylation is 1. The molecular formula is C39H46F3N9O3. The number of nitrogens with one attached hydrogen (secondary N) is 4. The molecule has 0 bridgehead atoms. The maximum absolute atomic E-state index is 13.7. The summed E-state index contributed by atoms with van der Waals surface area (Å²) >= 11 is 0. The van der Waals surface area contributed by atoms with Crippen molar-refractivity contribution >= 4 is 23.4 Å². The van der Waals surface area contributed by atoms with E-state index in [1.807, 2.05) is 43.3 Å². The lowest BCUT2D eigenvalue weighted by Crippen LogP contribution is -2.48. The maximum Gasteiger partial charge on any atom is 0.401 e. The SMILES string of the molecule is Cc1cc(C(=O)NC2CCN(CC(F)(F)F)CC2)ccc1-c1ccc(C[C@H](NC(=O)C2CCC(CN)CC2)C(=O)Nc2ccc(-c3nn[nH]n3)cc2)cc1. The Morgan fingerprint density at radius 2 is 1.61 bits per heavy atom. The second-order valence-corrected chi connectivity index (χ2v) is 14.4. The number of tetrazole rings is 1. The number of amides is 3. The summed E-state index contributed by atoms with van der Waals surface area (Å²) in [7, 11) is 0. The van der Waals surface area contributed by atoms with E-state index in [-0.39, 0.29) is 49.2 Å². The van der Waals surface area contributed by atoms with Crippen molar-refractivity contribution in [1.82, 2.24) is 36.2 Å². The molecule has 1 aromatic heterocycles. The second kappa shape index (κ2) is 17.3. The largest absolute Gasteiger partial charge is 0.401 e. The molecule has 1 atom stereocenters. The van der Waals surface area contributed by atoms with E-state index in [1.165, 1.54) is 4.90 Å². The Kier molecular flexibility index (Phi) is 12.4. The van der Waals surface area contributed by atoms with Crippen molar-refractivity contribution in [3.05, 3.63) is 83.4 Å². The number of anilines is 1. The van der Waals surface area contributed by atoms with Crippen molar-refractivity contribution in [1.29, 1.82) is 0 Å². The minimum atomic E-state index is -4.23. The van der Waals surface area contributed by atoms with Gasteiger partial charge in [-0.2, -0.15) is 18.4 Å². The Morgan fingerprint density at radius 1 is 0.926 bits per heavy atom. The Labute approximate surface area is 311 Å². The van der Waals surface area contributed by atoms with Crippen molar-refractivity contribution < 1.29 is 27.6 Å². The minimum Gasteiger partial charge on any atom is -0.349 e. The van der Waals surface area contributed by atoms with E-state index >= 15 is 0 Å². The monoisotopic (exact) mass is 745 g/mol. The topological polar surface area (TPSA) is 171 Å². The molecule has 12 nitrogen and oxygen atoms in total. The highest BCUT2D eigenvalue weighted by molar-refractivity contribution is 5.98. The zero-order valence-electron chi connectivity index (χ0n) is 30.2. The number of hydrogen-bond acceptors (Lipinski definition) is 8. The molecule has 2 fully saturated rings. The van der Waals surface area contributed by atoms with Crippen LogP contribution < -0.4 is 21.7 Å². The summed E-state index contributed by atoms with van der Waals surface area (Å²) in [6.45, 7) is 2.16.